The topological polar surface area (TPSA) is 100 Å². The summed E-state index contributed by atoms with van der Waals surface area (Å²) in [6.45, 7) is 4.67. The largest absolute Gasteiger partial charge is 0.489 e. The van der Waals surface area contributed by atoms with Crippen molar-refractivity contribution in [2.24, 2.45) is 0 Å². The Kier molecular flexibility index (Phi) is 4.70. The van der Waals surface area contributed by atoms with Crippen molar-refractivity contribution in [2.45, 2.75) is 44.0 Å². The third kappa shape index (κ3) is 3.07. The van der Waals surface area contributed by atoms with Gasteiger partial charge in [0, 0.05) is 18.7 Å². The number of rotatable bonds is 3. The summed E-state index contributed by atoms with van der Waals surface area (Å²) in [5.74, 6) is 0.105. The van der Waals surface area contributed by atoms with E-state index in [1.54, 1.807) is 12.1 Å². The molecule has 2 saturated heterocycles. The smallest absolute Gasteiger partial charge is 0.257 e. The predicted octanol–water partition coefficient (Wildman–Crippen LogP) is 2.01. The molecule has 2 fully saturated rings. The van der Waals surface area contributed by atoms with Crippen molar-refractivity contribution < 1.29 is 23.8 Å². The number of ether oxygens (including phenoxy) is 2. The van der Waals surface area contributed by atoms with Crippen LogP contribution in [0.1, 0.15) is 36.5 Å². The molecule has 6 rings (SSSR count). The molecule has 2 N–H and O–H groups in total. The van der Waals surface area contributed by atoms with E-state index in [9.17, 15) is 14.3 Å². The summed E-state index contributed by atoms with van der Waals surface area (Å²) in [4.78, 5) is 25.9. The van der Waals surface area contributed by atoms with Crippen LogP contribution in [0.4, 0.5) is 16.0 Å². The SMILES string of the molecule is CC12CCCN1C(=O)c1ccc(-c3nc(N[C@@H]4CCOC[C@H]4O)ncc3F)c3c1N2CCO3. The molecule has 1 aromatic carbocycles. The second-order valence-electron chi connectivity index (χ2n) is 9.19. The van der Waals surface area contributed by atoms with Crippen molar-refractivity contribution in [3.05, 3.63) is 29.7 Å². The summed E-state index contributed by atoms with van der Waals surface area (Å²) in [5, 5.41) is 13.3. The number of anilines is 2. The lowest BCUT2D eigenvalue weighted by Gasteiger charge is -2.52. The predicted molar refractivity (Wildman–Crippen MR) is 118 cm³/mol. The van der Waals surface area contributed by atoms with Crippen LogP contribution in [0, 0.1) is 5.82 Å². The third-order valence-corrected chi connectivity index (χ3v) is 7.27. The molecule has 3 atom stereocenters. The average molecular weight is 455 g/mol. The molecule has 0 spiro atoms. The van der Waals surface area contributed by atoms with Gasteiger partial charge in [-0.2, -0.15) is 0 Å². The first-order valence-electron chi connectivity index (χ1n) is 11.4. The minimum atomic E-state index is -0.696. The standard InChI is InChI=1S/C23H26FN5O4/c1-23-6-2-7-29(23)21(31)14-4-3-13(20-19(14)28(23)8-10-33-20)18-15(24)11-25-22(27-18)26-16-5-9-32-12-17(16)30/h3-4,11,16-17,30H,2,5-10,12H2,1H3,(H,25,26,27)/t16-,17-,23?/m1/s1. The molecule has 33 heavy (non-hydrogen) atoms. The van der Waals surface area contributed by atoms with E-state index in [4.69, 9.17) is 9.47 Å². The lowest BCUT2D eigenvalue weighted by Crippen LogP contribution is -2.62. The minimum Gasteiger partial charge on any atom is -0.489 e. The number of hydrogen-bond acceptors (Lipinski definition) is 8. The zero-order valence-corrected chi connectivity index (χ0v) is 18.4. The number of aromatic nitrogens is 2. The van der Waals surface area contributed by atoms with Gasteiger partial charge in [-0.15, -0.1) is 0 Å². The monoisotopic (exact) mass is 455 g/mol. The van der Waals surface area contributed by atoms with Gasteiger partial charge in [0.2, 0.25) is 5.95 Å². The van der Waals surface area contributed by atoms with Crippen molar-refractivity contribution in [3.63, 3.8) is 0 Å². The van der Waals surface area contributed by atoms with E-state index in [0.29, 0.717) is 43.1 Å². The van der Waals surface area contributed by atoms with Crippen LogP contribution >= 0.6 is 0 Å². The van der Waals surface area contributed by atoms with Gasteiger partial charge in [0.15, 0.2) is 11.6 Å². The Bertz CT molecular complexity index is 1130. The highest BCUT2D eigenvalue weighted by atomic mass is 19.1. The number of benzene rings is 1. The van der Waals surface area contributed by atoms with Crippen molar-refractivity contribution in [1.29, 1.82) is 0 Å². The molecule has 1 amide bonds. The highest BCUT2D eigenvalue weighted by Gasteiger charge is 2.51. The molecule has 5 heterocycles. The number of nitrogens with one attached hydrogen (secondary N) is 1. The van der Waals surface area contributed by atoms with E-state index in [1.807, 2.05) is 4.90 Å². The summed E-state index contributed by atoms with van der Waals surface area (Å²) in [5.41, 5.74) is 1.47. The van der Waals surface area contributed by atoms with Gasteiger partial charge in [0.25, 0.3) is 5.91 Å². The second-order valence-corrected chi connectivity index (χ2v) is 9.19. The van der Waals surface area contributed by atoms with Crippen LogP contribution in [0.25, 0.3) is 11.3 Å². The maximum absolute atomic E-state index is 15.0. The third-order valence-electron chi connectivity index (χ3n) is 7.27. The molecule has 174 valence electrons. The van der Waals surface area contributed by atoms with Gasteiger partial charge in [0.1, 0.15) is 18.0 Å². The van der Waals surface area contributed by atoms with Crippen LogP contribution in [0.3, 0.4) is 0 Å². The lowest BCUT2D eigenvalue weighted by atomic mass is 9.94. The number of halogens is 1. The molecular formula is C23H26FN5O4. The van der Waals surface area contributed by atoms with E-state index >= 15 is 0 Å². The van der Waals surface area contributed by atoms with Crippen LogP contribution in [0.5, 0.6) is 5.75 Å². The Hall–Kier alpha value is -2.98. The van der Waals surface area contributed by atoms with Gasteiger partial charge in [-0.25, -0.2) is 14.4 Å². The molecule has 0 radical (unpaired) electrons. The number of carbonyl (C=O) groups is 1. The number of nitrogens with zero attached hydrogens (tertiary/aromatic N) is 4. The zero-order valence-electron chi connectivity index (χ0n) is 18.4. The van der Waals surface area contributed by atoms with Gasteiger partial charge in [0.05, 0.1) is 42.7 Å². The lowest BCUT2D eigenvalue weighted by molar-refractivity contribution is -0.0136. The summed E-state index contributed by atoms with van der Waals surface area (Å²) in [6, 6.07) is 3.16. The Labute approximate surface area is 190 Å². The Morgan fingerprint density at radius 1 is 1.24 bits per heavy atom. The summed E-state index contributed by atoms with van der Waals surface area (Å²) in [6.07, 6.45) is 2.85. The van der Waals surface area contributed by atoms with Gasteiger partial charge in [-0.1, -0.05) is 0 Å². The first-order chi connectivity index (χ1) is 16.0. The Balaban J connectivity index is 1.43. The van der Waals surface area contributed by atoms with E-state index < -0.39 is 17.6 Å². The maximum Gasteiger partial charge on any atom is 0.257 e. The van der Waals surface area contributed by atoms with E-state index in [2.05, 4.69) is 27.1 Å². The fourth-order valence-corrected chi connectivity index (χ4v) is 5.55. The number of aliphatic hydroxyl groups excluding tert-OH is 1. The van der Waals surface area contributed by atoms with Gasteiger partial charge < -0.3 is 29.7 Å². The van der Waals surface area contributed by atoms with Crippen LogP contribution < -0.4 is 15.0 Å². The second kappa shape index (κ2) is 7.53. The quantitative estimate of drug-likeness (QED) is 0.725. The van der Waals surface area contributed by atoms with Crippen molar-refractivity contribution in [3.8, 4) is 17.0 Å². The number of fused-ring (bicyclic) bond motifs is 2. The molecule has 1 aromatic heterocycles. The highest BCUT2D eigenvalue weighted by Crippen LogP contribution is 2.51. The normalized spacial score (nSPS) is 28.3. The Morgan fingerprint density at radius 3 is 2.94 bits per heavy atom. The number of aliphatic hydroxyl groups is 1. The number of amides is 1. The van der Waals surface area contributed by atoms with Crippen LogP contribution in [-0.4, -0.2) is 76.6 Å². The molecule has 0 aliphatic carbocycles. The van der Waals surface area contributed by atoms with E-state index in [-0.39, 0.29) is 30.2 Å². The summed E-state index contributed by atoms with van der Waals surface area (Å²) < 4.78 is 26.3. The fraction of sp³-hybridized carbons (Fsp3) is 0.522. The minimum absolute atomic E-state index is 0.0152. The molecule has 4 aliphatic heterocycles. The molecule has 4 aliphatic rings. The average Bonchev–Trinajstić information content (AvgIpc) is 3.23. The first kappa shape index (κ1) is 20.6. The molecule has 1 unspecified atom stereocenters. The van der Waals surface area contributed by atoms with E-state index in [0.717, 1.165) is 31.3 Å². The zero-order chi connectivity index (χ0) is 22.7. The van der Waals surface area contributed by atoms with Crippen LogP contribution in [0.2, 0.25) is 0 Å². The summed E-state index contributed by atoms with van der Waals surface area (Å²) in [7, 11) is 0. The van der Waals surface area contributed by atoms with Gasteiger partial charge in [-0.05, 0) is 38.3 Å². The van der Waals surface area contributed by atoms with Crippen molar-refractivity contribution in [2.75, 3.05) is 43.1 Å². The van der Waals surface area contributed by atoms with Gasteiger partial charge in [-0.3, -0.25) is 4.79 Å². The van der Waals surface area contributed by atoms with Crippen molar-refractivity contribution in [1.82, 2.24) is 14.9 Å². The molecule has 0 saturated carbocycles. The molecule has 9 nitrogen and oxygen atoms in total. The van der Waals surface area contributed by atoms with Gasteiger partial charge >= 0.3 is 0 Å². The van der Waals surface area contributed by atoms with Crippen molar-refractivity contribution >= 4 is 17.5 Å². The maximum atomic E-state index is 15.0. The first-order valence-corrected chi connectivity index (χ1v) is 11.4. The van der Waals surface area contributed by atoms with Crippen LogP contribution in [-0.2, 0) is 4.74 Å². The number of carbonyl (C=O) groups excluding carboxylic acids is 1. The molecule has 10 heteroatoms. The molecular weight excluding hydrogens is 429 g/mol. The number of hydrogen-bond donors (Lipinski definition) is 2. The van der Waals surface area contributed by atoms with E-state index in [1.165, 1.54) is 0 Å². The molecule has 2 aromatic rings. The Morgan fingerprint density at radius 2 is 2.09 bits per heavy atom. The molecule has 0 bridgehead atoms. The fourth-order valence-electron chi connectivity index (χ4n) is 5.55. The summed E-state index contributed by atoms with van der Waals surface area (Å²) >= 11 is 0. The van der Waals surface area contributed by atoms with Crippen LogP contribution in [0.15, 0.2) is 18.3 Å². The highest BCUT2D eigenvalue weighted by molar-refractivity contribution is 6.06.